The van der Waals surface area contributed by atoms with Gasteiger partial charge in [0.15, 0.2) is 0 Å². The van der Waals surface area contributed by atoms with Crippen LogP contribution in [0.1, 0.15) is 11.1 Å². The van der Waals surface area contributed by atoms with Gasteiger partial charge in [0, 0.05) is 12.3 Å². The second-order valence-electron chi connectivity index (χ2n) is 4.73. The van der Waals surface area contributed by atoms with Gasteiger partial charge in [0.2, 0.25) is 0 Å². The van der Waals surface area contributed by atoms with E-state index in [1.807, 2.05) is 25.1 Å². The number of nitrogens with zero attached hydrogens (tertiary/aromatic N) is 1. The Hall–Kier alpha value is -2.07. The summed E-state index contributed by atoms with van der Waals surface area (Å²) in [5.74, 6) is 0.852. The fourth-order valence-corrected chi connectivity index (χ4v) is 2.10. The fourth-order valence-electron chi connectivity index (χ4n) is 2.10. The Labute approximate surface area is 118 Å². The van der Waals surface area contributed by atoms with E-state index in [1.165, 1.54) is 5.56 Å². The Balaban J connectivity index is 2.01. The summed E-state index contributed by atoms with van der Waals surface area (Å²) in [6.07, 6.45) is 2.56. The van der Waals surface area contributed by atoms with Crippen LogP contribution in [0.4, 0.5) is 0 Å². The average Bonchev–Trinajstić information content (AvgIpc) is 2.43. The topological polar surface area (TPSA) is 57.2 Å². The van der Waals surface area contributed by atoms with Crippen LogP contribution in [0.3, 0.4) is 0 Å². The van der Waals surface area contributed by atoms with Crippen molar-refractivity contribution >= 4 is 0 Å². The number of nitrogens with two attached hydrogens (primary N) is 1. The summed E-state index contributed by atoms with van der Waals surface area (Å²) in [4.78, 5) is 11.6. The second kappa shape index (κ2) is 6.91. The van der Waals surface area contributed by atoms with Crippen molar-refractivity contribution in [2.45, 2.75) is 19.9 Å². The summed E-state index contributed by atoms with van der Waals surface area (Å²) in [7, 11) is 0. The molecule has 0 saturated carbocycles. The summed E-state index contributed by atoms with van der Waals surface area (Å²) >= 11 is 0. The Morgan fingerprint density at radius 3 is 2.85 bits per heavy atom. The molecule has 1 aromatic heterocycles. The molecule has 0 aliphatic heterocycles. The van der Waals surface area contributed by atoms with E-state index in [9.17, 15) is 4.79 Å². The maximum absolute atomic E-state index is 11.6. The lowest BCUT2D eigenvalue weighted by molar-refractivity contribution is 0.293. The van der Waals surface area contributed by atoms with Crippen molar-refractivity contribution < 1.29 is 4.74 Å². The molecule has 1 heterocycles. The third kappa shape index (κ3) is 3.71. The zero-order chi connectivity index (χ0) is 14.4. The van der Waals surface area contributed by atoms with Crippen LogP contribution in [-0.2, 0) is 13.0 Å². The van der Waals surface area contributed by atoms with Crippen LogP contribution in [0.2, 0.25) is 0 Å². The van der Waals surface area contributed by atoms with Gasteiger partial charge in [0.1, 0.15) is 12.4 Å². The minimum absolute atomic E-state index is 0.0119. The highest BCUT2D eigenvalue weighted by Gasteiger charge is 2.04. The summed E-state index contributed by atoms with van der Waals surface area (Å²) in [5, 5.41) is 0. The summed E-state index contributed by atoms with van der Waals surface area (Å²) in [6.45, 7) is 3.64. The van der Waals surface area contributed by atoms with Crippen molar-refractivity contribution in [2.75, 3.05) is 13.2 Å². The molecule has 4 nitrogen and oxygen atoms in total. The van der Waals surface area contributed by atoms with E-state index in [1.54, 1.807) is 22.9 Å². The van der Waals surface area contributed by atoms with Gasteiger partial charge < -0.3 is 15.0 Å². The standard InChI is InChI=1S/C16H20N2O2/c1-13-5-6-15(14(12-13)7-8-17)20-11-10-18-9-3-2-4-16(18)19/h2-6,9,12H,7-8,10-11,17H2,1H3. The molecule has 2 aromatic rings. The first-order valence-electron chi connectivity index (χ1n) is 6.78. The lowest BCUT2D eigenvalue weighted by Gasteiger charge is -2.12. The molecule has 0 bridgehead atoms. The maximum Gasteiger partial charge on any atom is 0.250 e. The first kappa shape index (κ1) is 14.3. The molecule has 2 N–H and O–H groups in total. The van der Waals surface area contributed by atoms with Gasteiger partial charge in [0.25, 0.3) is 5.56 Å². The lowest BCUT2D eigenvalue weighted by atomic mass is 10.1. The quantitative estimate of drug-likeness (QED) is 0.871. The lowest BCUT2D eigenvalue weighted by Crippen LogP contribution is -2.21. The molecule has 0 spiro atoms. The Bertz CT molecular complexity index is 620. The molecule has 0 unspecified atom stereocenters. The number of ether oxygens (including phenoxy) is 1. The number of benzene rings is 1. The summed E-state index contributed by atoms with van der Waals surface area (Å²) < 4.78 is 7.42. The monoisotopic (exact) mass is 272 g/mol. The van der Waals surface area contributed by atoms with Crippen molar-refractivity contribution in [3.8, 4) is 5.75 Å². The average molecular weight is 272 g/mol. The SMILES string of the molecule is Cc1ccc(OCCn2ccccc2=O)c(CCN)c1. The van der Waals surface area contributed by atoms with Crippen LogP contribution < -0.4 is 16.0 Å². The van der Waals surface area contributed by atoms with Crippen LogP contribution in [0.25, 0.3) is 0 Å². The van der Waals surface area contributed by atoms with E-state index in [4.69, 9.17) is 10.5 Å². The minimum atomic E-state index is -0.0119. The molecular formula is C16H20N2O2. The van der Waals surface area contributed by atoms with Gasteiger partial charge >= 0.3 is 0 Å². The molecular weight excluding hydrogens is 252 g/mol. The number of hydrogen-bond donors (Lipinski definition) is 1. The highest BCUT2D eigenvalue weighted by atomic mass is 16.5. The van der Waals surface area contributed by atoms with E-state index < -0.39 is 0 Å². The van der Waals surface area contributed by atoms with Crippen molar-refractivity contribution in [1.29, 1.82) is 0 Å². The third-order valence-corrected chi connectivity index (χ3v) is 3.12. The number of pyridine rings is 1. The predicted molar refractivity (Wildman–Crippen MR) is 80.1 cm³/mol. The number of aryl methyl sites for hydroxylation is 1. The molecule has 1 aromatic carbocycles. The first-order chi connectivity index (χ1) is 9.70. The molecule has 0 amide bonds. The van der Waals surface area contributed by atoms with Crippen molar-refractivity contribution in [3.63, 3.8) is 0 Å². The van der Waals surface area contributed by atoms with E-state index in [0.717, 1.165) is 17.7 Å². The molecule has 2 rings (SSSR count). The Kier molecular flexibility index (Phi) is 4.96. The van der Waals surface area contributed by atoms with Crippen LogP contribution in [0.5, 0.6) is 5.75 Å². The number of aromatic nitrogens is 1. The van der Waals surface area contributed by atoms with Gasteiger partial charge in [-0.05, 0) is 37.6 Å². The first-order valence-corrected chi connectivity index (χ1v) is 6.78. The highest BCUT2D eigenvalue weighted by Crippen LogP contribution is 2.20. The van der Waals surface area contributed by atoms with E-state index >= 15 is 0 Å². The normalized spacial score (nSPS) is 10.5. The van der Waals surface area contributed by atoms with Gasteiger partial charge in [-0.2, -0.15) is 0 Å². The van der Waals surface area contributed by atoms with Crippen molar-refractivity contribution in [2.24, 2.45) is 5.73 Å². The van der Waals surface area contributed by atoms with E-state index in [0.29, 0.717) is 19.7 Å². The molecule has 106 valence electrons. The van der Waals surface area contributed by atoms with Crippen molar-refractivity contribution in [3.05, 3.63) is 64.1 Å². The van der Waals surface area contributed by atoms with Crippen LogP contribution in [-0.4, -0.2) is 17.7 Å². The molecule has 0 atom stereocenters. The van der Waals surface area contributed by atoms with E-state index in [-0.39, 0.29) is 5.56 Å². The Morgan fingerprint density at radius 1 is 1.25 bits per heavy atom. The fraction of sp³-hybridized carbons (Fsp3) is 0.312. The van der Waals surface area contributed by atoms with Gasteiger partial charge in [0.05, 0.1) is 6.54 Å². The maximum atomic E-state index is 11.6. The number of rotatable bonds is 6. The van der Waals surface area contributed by atoms with Gasteiger partial charge in [-0.25, -0.2) is 0 Å². The zero-order valence-electron chi connectivity index (χ0n) is 11.7. The van der Waals surface area contributed by atoms with Gasteiger partial charge in [-0.15, -0.1) is 0 Å². The molecule has 0 aliphatic carbocycles. The Morgan fingerprint density at radius 2 is 2.10 bits per heavy atom. The van der Waals surface area contributed by atoms with Crippen LogP contribution >= 0.6 is 0 Å². The molecule has 0 saturated heterocycles. The second-order valence-corrected chi connectivity index (χ2v) is 4.73. The summed E-state index contributed by atoms with van der Waals surface area (Å²) in [6, 6.07) is 11.2. The number of hydrogen-bond acceptors (Lipinski definition) is 3. The van der Waals surface area contributed by atoms with Crippen LogP contribution in [0.15, 0.2) is 47.4 Å². The van der Waals surface area contributed by atoms with Gasteiger partial charge in [-0.3, -0.25) is 4.79 Å². The van der Waals surface area contributed by atoms with Crippen LogP contribution in [0, 0.1) is 6.92 Å². The predicted octanol–water partition coefficient (Wildman–Crippen LogP) is 1.74. The molecule has 4 heteroatoms. The van der Waals surface area contributed by atoms with Crippen molar-refractivity contribution in [1.82, 2.24) is 4.57 Å². The molecule has 20 heavy (non-hydrogen) atoms. The molecule has 0 radical (unpaired) electrons. The van der Waals surface area contributed by atoms with E-state index in [2.05, 4.69) is 6.07 Å². The highest BCUT2D eigenvalue weighted by molar-refractivity contribution is 5.37. The minimum Gasteiger partial charge on any atom is -0.491 e. The molecule has 0 aliphatic rings. The smallest absolute Gasteiger partial charge is 0.250 e. The van der Waals surface area contributed by atoms with Gasteiger partial charge in [-0.1, -0.05) is 23.8 Å². The summed E-state index contributed by atoms with van der Waals surface area (Å²) in [5.41, 5.74) is 7.92. The molecule has 0 fully saturated rings. The largest absolute Gasteiger partial charge is 0.491 e. The third-order valence-electron chi connectivity index (χ3n) is 3.12. The zero-order valence-corrected chi connectivity index (χ0v) is 11.7.